The number of amides is 2. The lowest BCUT2D eigenvalue weighted by Gasteiger charge is -2.43. The van der Waals surface area contributed by atoms with Crippen LogP contribution in [0.5, 0.6) is 11.5 Å². The number of benzene rings is 1. The van der Waals surface area contributed by atoms with E-state index in [2.05, 4.69) is 5.32 Å². The number of rotatable bonds is 6. The van der Waals surface area contributed by atoms with Crippen molar-refractivity contribution >= 4 is 29.5 Å². The van der Waals surface area contributed by atoms with Crippen molar-refractivity contribution in [3.8, 4) is 11.5 Å². The molecule has 0 radical (unpaired) electrons. The number of hydrogen-bond donors (Lipinski definition) is 3. The zero-order valence-corrected chi connectivity index (χ0v) is 16.9. The number of thioether (sulfide) groups is 1. The first-order chi connectivity index (χ1) is 13.7. The van der Waals surface area contributed by atoms with Crippen LogP contribution in [0.2, 0.25) is 0 Å². The molecule has 3 heterocycles. The summed E-state index contributed by atoms with van der Waals surface area (Å²) in [5.41, 5.74) is 7.00. The molecule has 1 aromatic rings. The third-order valence-corrected chi connectivity index (χ3v) is 7.06. The number of aryl methyl sites for hydroxylation is 1. The summed E-state index contributed by atoms with van der Waals surface area (Å²) in [4.78, 5) is 37.8. The fraction of sp³-hybridized carbons (Fsp3) is 0.526. The Labute approximate surface area is 171 Å². The Morgan fingerprint density at radius 2 is 2.10 bits per heavy atom. The molecular formula is C19H23N3O6S. The average molecular weight is 421 g/mol. The highest BCUT2D eigenvalue weighted by atomic mass is 32.2. The van der Waals surface area contributed by atoms with Crippen molar-refractivity contribution in [2.24, 2.45) is 5.73 Å². The molecule has 0 bridgehead atoms. The molecule has 0 saturated carbocycles. The molecule has 9 nitrogen and oxygen atoms in total. The summed E-state index contributed by atoms with van der Waals surface area (Å²) in [6.07, 6.45) is 0.972. The lowest BCUT2D eigenvalue weighted by atomic mass is 9.95. The smallest absolute Gasteiger partial charge is 0.327 e. The molecule has 4 atom stereocenters. The van der Waals surface area contributed by atoms with Gasteiger partial charge in [-0.3, -0.25) is 9.59 Å². The van der Waals surface area contributed by atoms with E-state index < -0.39 is 34.7 Å². The standard InChI is InChI=1S/C19H23N3O6S/c1-19(2)14(18(25)26)22-16(24)13(17(22)29-19)21-15(23)10(20)5-3-9-4-6-11-12(7-9)28-8-27-11/h4,6-7,10,13-14,17H,3,5,8,20H2,1-2H3,(H,21,23)(H,25,26)/t10?,13-,14+,17-/m1/s1. The number of carboxylic acids is 1. The molecule has 3 aliphatic heterocycles. The van der Waals surface area contributed by atoms with Crippen molar-refractivity contribution < 1.29 is 29.0 Å². The lowest BCUT2D eigenvalue weighted by Crippen LogP contribution is -2.71. The topological polar surface area (TPSA) is 131 Å². The van der Waals surface area contributed by atoms with Gasteiger partial charge in [0, 0.05) is 4.75 Å². The van der Waals surface area contributed by atoms with Crippen molar-refractivity contribution in [2.45, 2.75) is 54.9 Å². The van der Waals surface area contributed by atoms with Crippen LogP contribution in [-0.2, 0) is 20.8 Å². The van der Waals surface area contributed by atoms with E-state index in [-0.39, 0.29) is 18.1 Å². The first-order valence-corrected chi connectivity index (χ1v) is 10.2. The van der Waals surface area contributed by atoms with Gasteiger partial charge in [-0.2, -0.15) is 0 Å². The summed E-state index contributed by atoms with van der Waals surface area (Å²) < 4.78 is 9.99. The highest BCUT2D eigenvalue weighted by molar-refractivity contribution is 8.01. The van der Waals surface area contributed by atoms with Gasteiger partial charge >= 0.3 is 5.97 Å². The largest absolute Gasteiger partial charge is 0.480 e. The summed E-state index contributed by atoms with van der Waals surface area (Å²) >= 11 is 1.38. The van der Waals surface area contributed by atoms with Gasteiger partial charge in [-0.1, -0.05) is 6.07 Å². The summed E-state index contributed by atoms with van der Waals surface area (Å²) in [5, 5.41) is 11.8. The van der Waals surface area contributed by atoms with Crippen molar-refractivity contribution in [2.75, 3.05) is 6.79 Å². The van der Waals surface area contributed by atoms with Gasteiger partial charge in [0.05, 0.1) is 6.04 Å². The average Bonchev–Trinajstić information content (AvgIpc) is 3.23. The zero-order valence-electron chi connectivity index (χ0n) is 16.1. The Morgan fingerprint density at radius 1 is 1.38 bits per heavy atom. The maximum atomic E-state index is 12.5. The van der Waals surface area contributed by atoms with E-state index in [0.29, 0.717) is 24.3 Å². The zero-order chi connectivity index (χ0) is 20.9. The maximum Gasteiger partial charge on any atom is 0.327 e. The van der Waals surface area contributed by atoms with Crippen molar-refractivity contribution in [3.63, 3.8) is 0 Å². The monoisotopic (exact) mass is 421 g/mol. The summed E-state index contributed by atoms with van der Waals surface area (Å²) in [6.45, 7) is 3.78. The lowest BCUT2D eigenvalue weighted by molar-refractivity contribution is -0.161. The molecule has 2 fully saturated rings. The minimum absolute atomic E-state index is 0.200. The Kier molecular flexibility index (Phi) is 4.86. The van der Waals surface area contributed by atoms with Crippen molar-refractivity contribution in [3.05, 3.63) is 23.8 Å². The van der Waals surface area contributed by atoms with Crippen LogP contribution in [0.15, 0.2) is 18.2 Å². The van der Waals surface area contributed by atoms with E-state index in [0.717, 1.165) is 5.56 Å². The Bertz CT molecular complexity index is 876. The fourth-order valence-electron chi connectivity index (χ4n) is 3.96. The fourth-order valence-corrected chi connectivity index (χ4v) is 5.58. The van der Waals surface area contributed by atoms with Gasteiger partial charge in [-0.05, 0) is 44.4 Å². The molecule has 10 heteroatoms. The number of carbonyl (C=O) groups excluding carboxylic acids is 2. The predicted octanol–water partition coefficient (Wildman–Crippen LogP) is 0.307. The minimum atomic E-state index is -1.04. The number of aliphatic carboxylic acids is 1. The summed E-state index contributed by atoms with van der Waals surface area (Å²) in [7, 11) is 0. The van der Waals surface area contributed by atoms with E-state index >= 15 is 0 Å². The number of fused-ring (bicyclic) bond motifs is 2. The second-order valence-corrected chi connectivity index (χ2v) is 9.69. The molecular weight excluding hydrogens is 398 g/mol. The van der Waals surface area contributed by atoms with Crippen LogP contribution < -0.4 is 20.5 Å². The Balaban J connectivity index is 1.33. The van der Waals surface area contributed by atoms with Gasteiger partial charge in [0.2, 0.25) is 18.6 Å². The van der Waals surface area contributed by atoms with Gasteiger partial charge in [-0.25, -0.2) is 4.79 Å². The van der Waals surface area contributed by atoms with Crippen molar-refractivity contribution in [1.29, 1.82) is 0 Å². The van der Waals surface area contributed by atoms with E-state index in [1.54, 1.807) is 13.8 Å². The number of β-lactam (4-membered cyclic amide) rings is 1. The highest BCUT2D eigenvalue weighted by Gasteiger charge is 2.64. The molecule has 2 saturated heterocycles. The number of hydrogen-bond acceptors (Lipinski definition) is 7. The molecule has 1 unspecified atom stereocenters. The molecule has 3 aliphatic rings. The molecule has 4 N–H and O–H groups in total. The second kappa shape index (κ2) is 7.10. The first-order valence-electron chi connectivity index (χ1n) is 9.36. The van der Waals surface area contributed by atoms with E-state index in [9.17, 15) is 19.5 Å². The predicted molar refractivity (Wildman–Crippen MR) is 105 cm³/mol. The number of nitrogens with one attached hydrogen (secondary N) is 1. The van der Waals surface area contributed by atoms with Gasteiger partial charge < -0.3 is 30.5 Å². The van der Waals surface area contributed by atoms with E-state index in [1.165, 1.54) is 16.7 Å². The van der Waals surface area contributed by atoms with Gasteiger partial charge in [0.15, 0.2) is 11.5 Å². The molecule has 4 rings (SSSR count). The molecule has 1 aromatic carbocycles. The van der Waals surface area contributed by atoms with E-state index in [4.69, 9.17) is 15.2 Å². The molecule has 156 valence electrons. The van der Waals surface area contributed by atoms with E-state index in [1.807, 2.05) is 18.2 Å². The van der Waals surface area contributed by atoms with Gasteiger partial charge in [0.1, 0.15) is 17.5 Å². The molecule has 0 aliphatic carbocycles. The number of nitrogens with zero attached hydrogens (tertiary/aromatic N) is 1. The molecule has 0 aromatic heterocycles. The molecule has 2 amide bonds. The Hall–Kier alpha value is -2.46. The Morgan fingerprint density at radius 3 is 2.83 bits per heavy atom. The molecule has 0 spiro atoms. The summed E-state index contributed by atoms with van der Waals surface area (Å²) in [5.74, 6) is -0.462. The van der Waals surface area contributed by atoms with Crippen LogP contribution >= 0.6 is 11.8 Å². The van der Waals surface area contributed by atoms with Crippen LogP contribution in [0.4, 0.5) is 0 Å². The number of carboxylic acid groups (broad SMARTS) is 1. The van der Waals surface area contributed by atoms with Crippen LogP contribution in [0.1, 0.15) is 25.8 Å². The summed E-state index contributed by atoms with van der Waals surface area (Å²) in [6, 6.07) is 3.16. The number of ether oxygens (including phenoxy) is 2. The SMILES string of the molecule is CC1(C)S[C@@H]2[C@H](NC(=O)C(N)CCc3ccc4c(c3)OCO4)C(=O)N2[C@H]1C(=O)O. The number of carbonyl (C=O) groups is 3. The molecule has 29 heavy (non-hydrogen) atoms. The maximum absolute atomic E-state index is 12.5. The van der Waals surface area contributed by atoms with Crippen LogP contribution in [0.3, 0.4) is 0 Å². The third-order valence-electron chi connectivity index (χ3n) is 5.49. The minimum Gasteiger partial charge on any atom is -0.480 e. The third kappa shape index (κ3) is 3.40. The van der Waals surface area contributed by atoms with Gasteiger partial charge in [-0.15, -0.1) is 11.8 Å². The highest BCUT2D eigenvalue weighted by Crippen LogP contribution is 2.50. The van der Waals surface area contributed by atoms with Crippen molar-refractivity contribution in [1.82, 2.24) is 10.2 Å². The quantitative estimate of drug-likeness (QED) is 0.559. The first kappa shape index (κ1) is 19.8. The normalized spacial score (nSPS) is 27.2. The van der Waals surface area contributed by atoms with Gasteiger partial charge in [0.25, 0.3) is 0 Å². The van der Waals surface area contributed by atoms with Crippen LogP contribution in [0, 0.1) is 0 Å². The van der Waals surface area contributed by atoms with Crippen LogP contribution in [0.25, 0.3) is 0 Å². The second-order valence-electron chi connectivity index (χ2n) is 7.92. The van der Waals surface area contributed by atoms with Crippen LogP contribution in [-0.4, -0.2) is 62.8 Å². The number of nitrogens with two attached hydrogens (primary N) is 1.